The van der Waals surface area contributed by atoms with Gasteiger partial charge in [-0.2, -0.15) is 0 Å². The molecule has 3 aromatic rings. The number of ether oxygens (including phenoxy) is 1. The molecule has 8 bridgehead atoms. The van der Waals surface area contributed by atoms with Crippen LogP contribution in [0.3, 0.4) is 0 Å². The molecule has 5 rings (SSSR count). The van der Waals surface area contributed by atoms with Gasteiger partial charge in [0, 0.05) is 40.2 Å². The maximum Gasteiger partial charge on any atom is 0.305 e. The number of carbonyl (C=O) groups is 1. The first-order chi connectivity index (χ1) is 20.2. The van der Waals surface area contributed by atoms with Gasteiger partial charge in [0.2, 0.25) is 0 Å². The van der Waals surface area contributed by atoms with Crippen LogP contribution in [0.1, 0.15) is 85.1 Å². The van der Waals surface area contributed by atoms with Crippen molar-refractivity contribution in [1.82, 2.24) is 19.9 Å². The van der Waals surface area contributed by atoms with Crippen molar-refractivity contribution in [3.8, 4) is 0 Å². The molecule has 0 fully saturated rings. The first-order valence-electron chi connectivity index (χ1n) is 14.5. The number of esters is 1. The Morgan fingerprint density at radius 2 is 1.21 bits per heavy atom. The van der Waals surface area contributed by atoms with E-state index in [4.69, 9.17) is 37.9 Å². The van der Waals surface area contributed by atoms with Crippen LogP contribution >= 0.6 is 23.2 Å². The van der Waals surface area contributed by atoms with E-state index in [0.717, 1.165) is 91.1 Å². The molecule has 0 unspecified atom stereocenters. The molecule has 0 amide bonds. The average Bonchev–Trinajstić information content (AvgIpc) is 3.63. The molecule has 5 heterocycles. The fourth-order valence-corrected chi connectivity index (χ4v) is 6.52. The van der Waals surface area contributed by atoms with E-state index in [0.29, 0.717) is 31.0 Å². The molecule has 3 aromatic heterocycles. The zero-order valence-corrected chi connectivity index (χ0v) is 26.7. The lowest BCUT2D eigenvalue weighted by Gasteiger charge is -2.03. The monoisotopic (exact) mass is 604 g/mol. The Bertz CT molecular complexity index is 1790. The van der Waals surface area contributed by atoms with Crippen LogP contribution in [-0.2, 0) is 22.4 Å². The van der Waals surface area contributed by atoms with Crippen LogP contribution in [0.25, 0.3) is 44.4 Å². The van der Waals surface area contributed by atoms with Crippen LogP contribution < -0.4 is 0 Å². The molecule has 2 aliphatic rings. The van der Waals surface area contributed by atoms with Crippen molar-refractivity contribution in [2.24, 2.45) is 0 Å². The summed E-state index contributed by atoms with van der Waals surface area (Å²) in [6, 6.07) is 8.52. The number of methoxy groups -OCH3 is 1. The number of halogens is 2. The Balaban J connectivity index is 1.92. The lowest BCUT2D eigenvalue weighted by atomic mass is 10.0. The number of aryl methyl sites for hydroxylation is 4. The van der Waals surface area contributed by atoms with E-state index in [1.165, 1.54) is 18.2 Å². The fourth-order valence-electron chi connectivity index (χ4n) is 6.14. The Morgan fingerprint density at radius 3 is 1.76 bits per heavy atom. The molecule has 0 saturated carbocycles. The van der Waals surface area contributed by atoms with Crippen molar-refractivity contribution >= 4 is 73.5 Å². The third-order valence-corrected chi connectivity index (χ3v) is 9.03. The van der Waals surface area contributed by atoms with E-state index >= 15 is 0 Å². The standard InChI is InChI=1S/C34H38Cl2N4O2/c1-7-22-18(2)28-15-31-25(11-13-36)21(5)29(40-31)16-32-24(10-12-35)20(4)27(38-32)14-26-19(3)23(8-9-34(41)42-6)33(39-26)17-30(22)37-28/h14-17,37,39H,7-13H2,1-6H3. The summed E-state index contributed by atoms with van der Waals surface area (Å²) < 4.78 is 4.96. The number of nitrogens with zero attached hydrogens (tertiary/aromatic N) is 2. The van der Waals surface area contributed by atoms with Gasteiger partial charge in [-0.05, 0) is 122 Å². The molecule has 0 spiro atoms. The lowest BCUT2D eigenvalue weighted by Crippen LogP contribution is -2.02. The van der Waals surface area contributed by atoms with Crippen molar-refractivity contribution in [3.63, 3.8) is 0 Å². The number of rotatable bonds is 8. The second-order valence-corrected chi connectivity index (χ2v) is 11.7. The maximum absolute atomic E-state index is 12.1. The van der Waals surface area contributed by atoms with Gasteiger partial charge in [-0.3, -0.25) is 4.79 Å². The van der Waals surface area contributed by atoms with E-state index in [1.807, 2.05) is 0 Å². The molecule has 0 atom stereocenters. The molecule has 42 heavy (non-hydrogen) atoms. The molecule has 2 aliphatic heterocycles. The molecular weight excluding hydrogens is 567 g/mol. The minimum absolute atomic E-state index is 0.226. The van der Waals surface area contributed by atoms with E-state index < -0.39 is 0 Å². The summed E-state index contributed by atoms with van der Waals surface area (Å²) in [6.07, 6.45) is 3.19. The summed E-state index contributed by atoms with van der Waals surface area (Å²) in [6.45, 7) is 10.7. The molecular formula is C34H38Cl2N4O2. The summed E-state index contributed by atoms with van der Waals surface area (Å²) in [5.74, 6) is 0.794. The Morgan fingerprint density at radius 1 is 0.714 bits per heavy atom. The average molecular weight is 606 g/mol. The Kier molecular flexibility index (Phi) is 8.95. The zero-order chi connectivity index (χ0) is 30.1. The highest BCUT2D eigenvalue weighted by atomic mass is 35.5. The topological polar surface area (TPSA) is 83.7 Å². The van der Waals surface area contributed by atoms with Crippen LogP contribution in [0.2, 0.25) is 0 Å². The summed E-state index contributed by atoms with van der Waals surface area (Å²) in [5, 5.41) is 0. The van der Waals surface area contributed by atoms with Crippen LogP contribution in [0, 0.1) is 13.8 Å². The van der Waals surface area contributed by atoms with Gasteiger partial charge in [0.05, 0.1) is 29.9 Å². The SMILES string of the molecule is CCc1c(C)c2cc3nc(cc4nc(cc5[nH]c(cc1[nH]2)c(CCC(=O)OC)c5C)C(C)=C4CCCl)C(C)=C3CCCl. The number of aromatic amines is 2. The third kappa shape index (κ3) is 5.55. The number of carbonyl (C=O) groups excluding carboxylic acids is 1. The second-order valence-electron chi connectivity index (χ2n) is 11.0. The largest absolute Gasteiger partial charge is 0.469 e. The van der Waals surface area contributed by atoms with Gasteiger partial charge in [0.15, 0.2) is 0 Å². The highest BCUT2D eigenvalue weighted by Crippen LogP contribution is 2.37. The van der Waals surface area contributed by atoms with Crippen molar-refractivity contribution in [2.75, 3.05) is 18.9 Å². The van der Waals surface area contributed by atoms with Gasteiger partial charge < -0.3 is 14.7 Å². The van der Waals surface area contributed by atoms with Crippen LogP contribution in [-0.4, -0.2) is 44.8 Å². The number of hydrogen-bond donors (Lipinski definition) is 2. The lowest BCUT2D eigenvalue weighted by molar-refractivity contribution is -0.140. The predicted octanol–water partition coefficient (Wildman–Crippen LogP) is 8.72. The molecule has 2 N–H and O–H groups in total. The zero-order valence-electron chi connectivity index (χ0n) is 25.2. The van der Waals surface area contributed by atoms with Crippen molar-refractivity contribution in [1.29, 1.82) is 0 Å². The van der Waals surface area contributed by atoms with Crippen LogP contribution in [0.5, 0.6) is 0 Å². The van der Waals surface area contributed by atoms with Gasteiger partial charge in [0.25, 0.3) is 0 Å². The minimum atomic E-state index is -0.226. The van der Waals surface area contributed by atoms with Gasteiger partial charge in [-0.25, -0.2) is 9.97 Å². The predicted molar refractivity (Wildman–Crippen MR) is 176 cm³/mol. The molecule has 0 aromatic carbocycles. The number of allylic oxidation sites excluding steroid dienone is 4. The molecule has 8 heteroatoms. The second kappa shape index (κ2) is 12.5. The van der Waals surface area contributed by atoms with Gasteiger partial charge >= 0.3 is 5.97 Å². The summed E-state index contributed by atoms with van der Waals surface area (Å²) in [7, 11) is 1.43. The minimum Gasteiger partial charge on any atom is -0.469 e. The van der Waals surface area contributed by atoms with Crippen molar-refractivity contribution < 1.29 is 9.53 Å². The summed E-state index contributed by atoms with van der Waals surface area (Å²) >= 11 is 12.5. The normalized spacial score (nSPS) is 13.3. The van der Waals surface area contributed by atoms with E-state index in [2.05, 4.69) is 68.9 Å². The number of hydrogen-bond acceptors (Lipinski definition) is 4. The number of alkyl halides is 2. The highest BCUT2D eigenvalue weighted by Gasteiger charge is 2.21. The fraction of sp³-hybridized carbons (Fsp3) is 0.382. The third-order valence-electron chi connectivity index (χ3n) is 8.65. The van der Waals surface area contributed by atoms with Gasteiger partial charge in [-0.15, -0.1) is 23.2 Å². The number of nitrogens with one attached hydrogen (secondary N) is 2. The molecule has 0 radical (unpaired) electrons. The molecule has 0 saturated heterocycles. The van der Waals surface area contributed by atoms with Gasteiger partial charge in [0.1, 0.15) is 0 Å². The van der Waals surface area contributed by atoms with Crippen LogP contribution in [0.15, 0.2) is 24.3 Å². The Labute approximate surface area is 257 Å². The van der Waals surface area contributed by atoms with E-state index in [-0.39, 0.29) is 5.97 Å². The number of aromatic nitrogens is 4. The van der Waals surface area contributed by atoms with Crippen molar-refractivity contribution in [2.45, 2.75) is 66.7 Å². The Hall–Kier alpha value is -3.35. The highest BCUT2D eigenvalue weighted by molar-refractivity contribution is 6.19. The number of fused-ring (bicyclic) bond motifs is 8. The quantitative estimate of drug-likeness (QED) is 0.199. The molecule has 220 valence electrons. The molecule has 6 nitrogen and oxygen atoms in total. The van der Waals surface area contributed by atoms with E-state index in [9.17, 15) is 4.79 Å². The van der Waals surface area contributed by atoms with E-state index in [1.54, 1.807) is 0 Å². The smallest absolute Gasteiger partial charge is 0.305 e. The maximum atomic E-state index is 12.1. The van der Waals surface area contributed by atoms with Crippen molar-refractivity contribution in [3.05, 3.63) is 69.3 Å². The molecule has 0 aliphatic carbocycles. The first-order valence-corrected chi connectivity index (χ1v) is 15.6. The summed E-state index contributed by atoms with van der Waals surface area (Å²) in [4.78, 5) is 29.7. The number of H-pyrrole nitrogens is 2. The van der Waals surface area contributed by atoms with Gasteiger partial charge in [-0.1, -0.05) is 6.92 Å². The van der Waals surface area contributed by atoms with Crippen LogP contribution in [0.4, 0.5) is 0 Å². The first kappa shape index (κ1) is 30.1. The summed E-state index contributed by atoms with van der Waals surface area (Å²) in [5.41, 5.74) is 16.8.